The van der Waals surface area contributed by atoms with Crippen LogP contribution in [0.25, 0.3) is 0 Å². The Morgan fingerprint density at radius 2 is 1.65 bits per heavy atom. The predicted octanol–water partition coefficient (Wildman–Crippen LogP) is 1.04. The van der Waals surface area contributed by atoms with Crippen LogP contribution < -0.4 is 0 Å². The molecule has 1 atom stereocenters. The zero-order valence-electron chi connectivity index (χ0n) is 11.1. The molecule has 1 saturated heterocycles. The molecule has 106 valence electrons. The maximum Gasteiger partial charge on any atom is 0.342 e. The Bertz CT molecular complexity index is 554. The van der Waals surface area contributed by atoms with Gasteiger partial charge in [-0.3, -0.25) is 9.59 Å². The second-order valence-electron chi connectivity index (χ2n) is 5.75. The van der Waals surface area contributed by atoms with Gasteiger partial charge in [0.2, 0.25) is 0 Å². The fourth-order valence-corrected chi connectivity index (χ4v) is 3.58. The Hall–Kier alpha value is -1.98. The lowest BCUT2D eigenvalue weighted by Crippen LogP contribution is -2.40. The van der Waals surface area contributed by atoms with E-state index in [4.69, 9.17) is 0 Å². The Kier molecular flexibility index (Phi) is 2.77. The molecule has 0 N–H and O–H groups in total. The number of hydrogen-bond donors (Lipinski definition) is 0. The summed E-state index contributed by atoms with van der Waals surface area (Å²) in [5.41, 5.74) is 0.181. The molecular weight excluding hydrogens is 264 g/mol. The van der Waals surface area contributed by atoms with E-state index in [1.54, 1.807) is 0 Å². The maximum absolute atomic E-state index is 11.8. The molecule has 0 aromatic rings. The first-order valence-corrected chi connectivity index (χ1v) is 6.67. The molecule has 0 aromatic heterocycles. The average Bonchev–Trinajstić information content (AvgIpc) is 2.62. The van der Waals surface area contributed by atoms with Gasteiger partial charge in [-0.2, -0.15) is 0 Å². The van der Waals surface area contributed by atoms with Crippen LogP contribution in [0.3, 0.4) is 0 Å². The maximum atomic E-state index is 11.8. The van der Waals surface area contributed by atoms with Crippen LogP contribution in [0.4, 0.5) is 0 Å². The number of esters is 4. The second kappa shape index (κ2) is 4.26. The molecule has 2 aliphatic heterocycles. The molecule has 3 aliphatic rings. The lowest BCUT2D eigenvalue weighted by molar-refractivity contribution is -0.170. The van der Waals surface area contributed by atoms with Gasteiger partial charge in [0.1, 0.15) is 0 Å². The highest BCUT2D eigenvalue weighted by molar-refractivity contribution is 6.13. The van der Waals surface area contributed by atoms with E-state index in [9.17, 15) is 19.2 Å². The summed E-state index contributed by atoms with van der Waals surface area (Å²) in [6.07, 6.45) is 1.64. The minimum absolute atomic E-state index is 0.105. The first-order chi connectivity index (χ1) is 9.44. The van der Waals surface area contributed by atoms with Crippen LogP contribution in [0.15, 0.2) is 11.1 Å². The highest BCUT2D eigenvalue weighted by atomic mass is 16.6. The monoisotopic (exact) mass is 278 g/mol. The van der Waals surface area contributed by atoms with E-state index in [0.717, 1.165) is 0 Å². The van der Waals surface area contributed by atoms with Gasteiger partial charge < -0.3 is 9.47 Å². The molecule has 0 amide bonds. The number of cyclic esters (lactones) is 4. The van der Waals surface area contributed by atoms with E-state index in [1.165, 1.54) is 0 Å². The van der Waals surface area contributed by atoms with Crippen molar-refractivity contribution in [1.82, 2.24) is 0 Å². The van der Waals surface area contributed by atoms with Crippen LogP contribution in [0, 0.1) is 11.3 Å². The Morgan fingerprint density at radius 3 is 2.25 bits per heavy atom. The summed E-state index contributed by atoms with van der Waals surface area (Å²) in [4.78, 5) is 46.6. The molecule has 6 nitrogen and oxygen atoms in total. The van der Waals surface area contributed by atoms with E-state index in [2.05, 4.69) is 9.47 Å². The van der Waals surface area contributed by atoms with Crippen LogP contribution in [0.5, 0.6) is 0 Å². The standard InChI is InChI=1S/C14H14O6/c1-2-7-3-14(5-9(15)19-10(16)6-14)4-8-11(7)13(18)20-12(8)17/h7H,2-6H2,1H3. The zero-order valence-corrected chi connectivity index (χ0v) is 11.1. The van der Waals surface area contributed by atoms with Crippen molar-refractivity contribution in [2.75, 3.05) is 0 Å². The van der Waals surface area contributed by atoms with Crippen LogP contribution in [0.1, 0.15) is 39.0 Å². The molecule has 1 fully saturated rings. The molecule has 0 aromatic carbocycles. The fourth-order valence-electron chi connectivity index (χ4n) is 3.58. The fraction of sp³-hybridized carbons (Fsp3) is 0.571. The van der Waals surface area contributed by atoms with Crippen molar-refractivity contribution in [3.05, 3.63) is 11.1 Å². The Morgan fingerprint density at radius 1 is 1.00 bits per heavy atom. The van der Waals surface area contributed by atoms with Gasteiger partial charge in [-0.05, 0) is 30.6 Å². The van der Waals surface area contributed by atoms with E-state index in [-0.39, 0.29) is 25.2 Å². The van der Waals surface area contributed by atoms with Crippen LogP contribution in [-0.2, 0) is 28.7 Å². The molecule has 2 heterocycles. The summed E-state index contributed by atoms with van der Waals surface area (Å²) >= 11 is 0. The first-order valence-electron chi connectivity index (χ1n) is 6.67. The molecule has 0 saturated carbocycles. The van der Waals surface area contributed by atoms with Gasteiger partial charge in [-0.15, -0.1) is 0 Å². The van der Waals surface area contributed by atoms with Gasteiger partial charge in [-0.25, -0.2) is 9.59 Å². The van der Waals surface area contributed by atoms with E-state index < -0.39 is 29.3 Å². The lowest BCUT2D eigenvalue weighted by atomic mass is 9.63. The number of ether oxygens (including phenoxy) is 2. The van der Waals surface area contributed by atoms with Crippen molar-refractivity contribution in [3.8, 4) is 0 Å². The minimum Gasteiger partial charge on any atom is -0.393 e. The predicted molar refractivity (Wildman–Crippen MR) is 63.9 cm³/mol. The third kappa shape index (κ3) is 1.87. The van der Waals surface area contributed by atoms with E-state index in [1.807, 2.05) is 6.92 Å². The molecule has 1 unspecified atom stereocenters. The smallest absolute Gasteiger partial charge is 0.342 e. The molecular formula is C14H14O6. The number of carbonyl (C=O) groups excluding carboxylic acids is 4. The number of carbonyl (C=O) groups is 4. The third-order valence-corrected chi connectivity index (χ3v) is 4.38. The van der Waals surface area contributed by atoms with Crippen molar-refractivity contribution in [3.63, 3.8) is 0 Å². The minimum atomic E-state index is -0.631. The quantitative estimate of drug-likeness (QED) is 0.526. The van der Waals surface area contributed by atoms with Gasteiger partial charge >= 0.3 is 23.9 Å². The van der Waals surface area contributed by atoms with Gasteiger partial charge in [0.05, 0.1) is 18.4 Å². The number of hydrogen-bond acceptors (Lipinski definition) is 6. The van der Waals surface area contributed by atoms with Crippen LogP contribution in [-0.4, -0.2) is 23.9 Å². The van der Waals surface area contributed by atoms with Crippen molar-refractivity contribution in [1.29, 1.82) is 0 Å². The lowest BCUT2D eigenvalue weighted by Gasteiger charge is -2.40. The summed E-state index contributed by atoms with van der Waals surface area (Å²) in [5.74, 6) is -2.46. The Balaban J connectivity index is 2.01. The molecule has 1 spiro atoms. The van der Waals surface area contributed by atoms with Gasteiger partial charge in [0.15, 0.2) is 0 Å². The molecule has 0 radical (unpaired) electrons. The second-order valence-corrected chi connectivity index (χ2v) is 5.75. The molecule has 1 aliphatic carbocycles. The highest BCUT2D eigenvalue weighted by Crippen LogP contribution is 2.51. The van der Waals surface area contributed by atoms with E-state index in [0.29, 0.717) is 24.0 Å². The van der Waals surface area contributed by atoms with Crippen molar-refractivity contribution < 1.29 is 28.7 Å². The molecule has 6 heteroatoms. The summed E-state index contributed by atoms with van der Waals surface area (Å²) in [7, 11) is 0. The third-order valence-electron chi connectivity index (χ3n) is 4.38. The largest absolute Gasteiger partial charge is 0.393 e. The average molecular weight is 278 g/mol. The van der Waals surface area contributed by atoms with Gasteiger partial charge in [0.25, 0.3) is 0 Å². The summed E-state index contributed by atoms with van der Waals surface area (Å²) in [5, 5.41) is 0. The van der Waals surface area contributed by atoms with Crippen LogP contribution >= 0.6 is 0 Å². The van der Waals surface area contributed by atoms with Gasteiger partial charge in [0, 0.05) is 5.57 Å². The summed E-state index contributed by atoms with van der Waals surface area (Å²) in [6, 6.07) is 0. The van der Waals surface area contributed by atoms with E-state index >= 15 is 0 Å². The van der Waals surface area contributed by atoms with Gasteiger partial charge in [-0.1, -0.05) is 6.92 Å². The van der Waals surface area contributed by atoms with Crippen LogP contribution in [0.2, 0.25) is 0 Å². The summed E-state index contributed by atoms with van der Waals surface area (Å²) in [6.45, 7) is 1.91. The highest BCUT2D eigenvalue weighted by Gasteiger charge is 2.51. The SMILES string of the molecule is CCC1CC2(CC(=O)OC(=O)C2)CC2=C1C(=O)OC2=O. The number of rotatable bonds is 1. The van der Waals surface area contributed by atoms with Crippen molar-refractivity contribution in [2.24, 2.45) is 11.3 Å². The molecule has 3 rings (SSSR count). The normalized spacial score (nSPS) is 28.6. The Labute approximate surface area is 115 Å². The van der Waals surface area contributed by atoms with Crippen molar-refractivity contribution >= 4 is 23.9 Å². The summed E-state index contributed by atoms with van der Waals surface area (Å²) < 4.78 is 9.24. The molecule has 20 heavy (non-hydrogen) atoms. The zero-order chi connectivity index (χ0) is 14.5. The molecule has 0 bridgehead atoms. The first kappa shape index (κ1) is 13.0. The van der Waals surface area contributed by atoms with Crippen molar-refractivity contribution in [2.45, 2.75) is 39.0 Å². The topological polar surface area (TPSA) is 86.7 Å².